The number of hydrogen-bond acceptors (Lipinski definition) is 6. The number of aryl methyl sites for hydroxylation is 1. The number of H-pyrrole nitrogens is 1. The summed E-state index contributed by atoms with van der Waals surface area (Å²) in [5.74, 6) is -1.39. The molecule has 0 spiro atoms. The standard InChI is InChI=1S/C30H27FN6O3S/c1-17-27(30(40)35-24(14-25(38)32-2)21-8-7-18-5-3-4-6-20(18)13-21)36-26(41-17)16-33-29(39)23-15-34-37-28(23)19-9-11-22(31)12-10-19/h3-13,15,24H,14,16H2,1-2H3,(H,32,38)(H,33,39)(H,34,37)(H,35,40). The van der Waals surface area contributed by atoms with E-state index in [0.717, 1.165) is 16.3 Å². The summed E-state index contributed by atoms with van der Waals surface area (Å²) in [5.41, 5.74) is 2.43. The lowest BCUT2D eigenvalue weighted by molar-refractivity contribution is -0.121. The smallest absolute Gasteiger partial charge is 0.271 e. The molecule has 9 nitrogen and oxygen atoms in total. The fourth-order valence-electron chi connectivity index (χ4n) is 4.47. The molecular formula is C30H27FN6O3S. The normalized spacial score (nSPS) is 11.7. The zero-order valence-corrected chi connectivity index (χ0v) is 23.1. The van der Waals surface area contributed by atoms with Crippen molar-refractivity contribution in [1.82, 2.24) is 31.1 Å². The molecule has 208 valence electrons. The van der Waals surface area contributed by atoms with Gasteiger partial charge in [0, 0.05) is 17.5 Å². The molecule has 0 saturated carbocycles. The third-order valence-electron chi connectivity index (χ3n) is 6.62. The van der Waals surface area contributed by atoms with Crippen LogP contribution in [0.2, 0.25) is 0 Å². The van der Waals surface area contributed by atoms with E-state index in [0.29, 0.717) is 26.7 Å². The van der Waals surface area contributed by atoms with Crippen LogP contribution in [0.3, 0.4) is 0 Å². The van der Waals surface area contributed by atoms with Gasteiger partial charge in [0.15, 0.2) is 0 Å². The van der Waals surface area contributed by atoms with Crippen molar-refractivity contribution in [2.45, 2.75) is 25.9 Å². The van der Waals surface area contributed by atoms with Crippen molar-refractivity contribution in [1.29, 1.82) is 0 Å². The van der Waals surface area contributed by atoms with Gasteiger partial charge in [-0.3, -0.25) is 19.5 Å². The largest absolute Gasteiger partial charge is 0.359 e. The maximum absolute atomic E-state index is 13.3. The lowest BCUT2D eigenvalue weighted by Gasteiger charge is -2.19. The third-order valence-corrected chi connectivity index (χ3v) is 7.59. The topological polar surface area (TPSA) is 129 Å². The number of halogens is 1. The molecule has 11 heteroatoms. The Morgan fingerprint density at radius 1 is 1.00 bits per heavy atom. The van der Waals surface area contributed by atoms with Crippen LogP contribution in [0, 0.1) is 12.7 Å². The summed E-state index contributed by atoms with van der Waals surface area (Å²) < 4.78 is 13.3. The number of nitrogens with zero attached hydrogens (tertiary/aromatic N) is 2. The highest BCUT2D eigenvalue weighted by atomic mass is 32.1. The van der Waals surface area contributed by atoms with Gasteiger partial charge >= 0.3 is 0 Å². The minimum atomic E-state index is -0.567. The zero-order chi connectivity index (χ0) is 28.9. The second kappa shape index (κ2) is 12.1. The molecule has 0 radical (unpaired) electrons. The maximum atomic E-state index is 13.3. The fourth-order valence-corrected chi connectivity index (χ4v) is 5.34. The highest BCUT2D eigenvalue weighted by Gasteiger charge is 2.23. The summed E-state index contributed by atoms with van der Waals surface area (Å²) in [4.78, 5) is 43.7. The molecule has 0 fully saturated rings. The Labute approximate surface area is 239 Å². The number of fused-ring (bicyclic) bond motifs is 1. The number of hydrogen-bond donors (Lipinski definition) is 4. The van der Waals surface area contributed by atoms with Gasteiger partial charge in [0.05, 0.1) is 36.5 Å². The maximum Gasteiger partial charge on any atom is 0.271 e. The Balaban J connectivity index is 1.29. The van der Waals surface area contributed by atoms with E-state index < -0.39 is 11.9 Å². The lowest BCUT2D eigenvalue weighted by Crippen LogP contribution is -2.33. The van der Waals surface area contributed by atoms with Crippen LogP contribution in [0.1, 0.15) is 48.8 Å². The predicted molar refractivity (Wildman–Crippen MR) is 155 cm³/mol. The van der Waals surface area contributed by atoms with Crippen molar-refractivity contribution in [3.8, 4) is 11.3 Å². The molecule has 5 aromatic rings. The quantitative estimate of drug-likeness (QED) is 0.205. The van der Waals surface area contributed by atoms with Gasteiger partial charge in [-0.1, -0.05) is 36.4 Å². The van der Waals surface area contributed by atoms with E-state index in [-0.39, 0.29) is 36.3 Å². The van der Waals surface area contributed by atoms with Crippen molar-refractivity contribution in [2.24, 2.45) is 0 Å². The van der Waals surface area contributed by atoms with E-state index in [1.807, 2.05) is 42.5 Å². The Kier molecular flexibility index (Phi) is 8.16. The minimum Gasteiger partial charge on any atom is -0.359 e. The van der Waals surface area contributed by atoms with Crippen LogP contribution < -0.4 is 16.0 Å². The first-order chi connectivity index (χ1) is 19.8. The van der Waals surface area contributed by atoms with Gasteiger partial charge in [-0.2, -0.15) is 5.10 Å². The van der Waals surface area contributed by atoms with E-state index in [1.54, 1.807) is 26.1 Å². The number of amides is 3. The summed E-state index contributed by atoms with van der Waals surface area (Å²) in [7, 11) is 1.55. The van der Waals surface area contributed by atoms with Crippen molar-refractivity contribution in [3.63, 3.8) is 0 Å². The molecule has 4 N–H and O–H groups in total. The molecule has 0 aliphatic heterocycles. The van der Waals surface area contributed by atoms with Crippen LogP contribution in [0.5, 0.6) is 0 Å². The van der Waals surface area contributed by atoms with Crippen molar-refractivity contribution < 1.29 is 18.8 Å². The Bertz CT molecular complexity index is 1730. The number of thiazole rings is 1. The summed E-state index contributed by atoms with van der Waals surface area (Å²) >= 11 is 1.30. The molecule has 0 aliphatic carbocycles. The molecule has 0 bridgehead atoms. The summed E-state index contributed by atoms with van der Waals surface area (Å²) in [6.45, 7) is 1.88. The van der Waals surface area contributed by atoms with Gasteiger partial charge in [0.2, 0.25) is 5.91 Å². The van der Waals surface area contributed by atoms with Crippen LogP contribution >= 0.6 is 11.3 Å². The molecule has 1 atom stereocenters. The first-order valence-corrected chi connectivity index (χ1v) is 13.7. The number of benzene rings is 3. The number of aromatic amines is 1. The van der Waals surface area contributed by atoms with Crippen molar-refractivity contribution >= 4 is 39.8 Å². The van der Waals surface area contributed by atoms with Crippen LogP contribution in [-0.2, 0) is 11.3 Å². The summed E-state index contributed by atoms with van der Waals surface area (Å²) in [6.07, 6.45) is 1.47. The number of carbonyl (C=O) groups excluding carboxylic acids is 3. The molecular weight excluding hydrogens is 543 g/mol. The van der Waals surface area contributed by atoms with Gasteiger partial charge in [-0.05, 0) is 53.6 Å². The van der Waals surface area contributed by atoms with Crippen molar-refractivity contribution in [3.05, 3.63) is 105 Å². The van der Waals surface area contributed by atoms with Crippen LogP contribution in [0.15, 0.2) is 72.9 Å². The molecule has 0 saturated heterocycles. The van der Waals surface area contributed by atoms with Gasteiger partial charge in [-0.15, -0.1) is 11.3 Å². The van der Waals surface area contributed by atoms with Gasteiger partial charge in [0.1, 0.15) is 16.5 Å². The third kappa shape index (κ3) is 6.30. The van der Waals surface area contributed by atoms with Gasteiger partial charge < -0.3 is 16.0 Å². The highest BCUT2D eigenvalue weighted by Crippen LogP contribution is 2.25. The number of nitrogens with one attached hydrogen (secondary N) is 4. The Morgan fingerprint density at radius 2 is 1.76 bits per heavy atom. The van der Waals surface area contributed by atoms with Crippen LogP contribution in [0.4, 0.5) is 4.39 Å². The Hall–Kier alpha value is -4.90. The SMILES string of the molecule is CNC(=O)CC(NC(=O)c1nc(CNC(=O)c2cn[nH]c2-c2ccc(F)cc2)sc1C)c1ccc2ccccc2c1. The summed E-state index contributed by atoms with van der Waals surface area (Å²) in [5, 5.41) is 17.7. The first kappa shape index (κ1) is 27.7. The monoisotopic (exact) mass is 570 g/mol. The van der Waals surface area contributed by atoms with E-state index in [2.05, 4.69) is 31.1 Å². The lowest BCUT2D eigenvalue weighted by atomic mass is 9.99. The zero-order valence-electron chi connectivity index (χ0n) is 22.3. The van der Waals surface area contributed by atoms with E-state index in [4.69, 9.17) is 0 Å². The molecule has 3 aromatic carbocycles. The first-order valence-electron chi connectivity index (χ1n) is 12.9. The molecule has 2 heterocycles. The van der Waals surface area contributed by atoms with E-state index >= 15 is 0 Å². The average molecular weight is 571 g/mol. The second-order valence-corrected chi connectivity index (χ2v) is 10.7. The molecule has 1 unspecified atom stereocenters. The van der Waals surface area contributed by atoms with E-state index in [1.165, 1.54) is 29.7 Å². The highest BCUT2D eigenvalue weighted by molar-refractivity contribution is 7.11. The summed E-state index contributed by atoms with van der Waals surface area (Å²) in [6, 6.07) is 18.9. The van der Waals surface area contributed by atoms with Crippen LogP contribution in [-0.4, -0.2) is 40.0 Å². The molecule has 41 heavy (non-hydrogen) atoms. The number of carbonyl (C=O) groups is 3. The van der Waals surface area contributed by atoms with Crippen LogP contribution in [0.25, 0.3) is 22.0 Å². The molecule has 0 aliphatic rings. The molecule has 3 amide bonds. The van der Waals surface area contributed by atoms with Crippen molar-refractivity contribution in [2.75, 3.05) is 7.05 Å². The molecule has 2 aromatic heterocycles. The minimum absolute atomic E-state index is 0.0633. The number of aromatic nitrogens is 3. The second-order valence-electron chi connectivity index (χ2n) is 9.37. The Morgan fingerprint density at radius 3 is 2.51 bits per heavy atom. The fraction of sp³-hybridized carbons (Fsp3) is 0.167. The van der Waals surface area contributed by atoms with E-state index in [9.17, 15) is 18.8 Å². The van der Waals surface area contributed by atoms with Gasteiger partial charge in [-0.25, -0.2) is 9.37 Å². The number of rotatable bonds is 9. The molecule has 5 rings (SSSR count). The predicted octanol–water partition coefficient (Wildman–Crippen LogP) is 4.67. The van der Waals surface area contributed by atoms with Gasteiger partial charge in [0.25, 0.3) is 11.8 Å². The average Bonchev–Trinajstić information content (AvgIpc) is 3.62.